The molecule has 8 bridgehead atoms. The second kappa shape index (κ2) is 18.3. The summed E-state index contributed by atoms with van der Waals surface area (Å²) in [6.07, 6.45) is 9.34. The minimum Gasteiger partial charge on any atom is -0.354 e. The van der Waals surface area contributed by atoms with Gasteiger partial charge in [0.05, 0.1) is 66.9 Å². The van der Waals surface area contributed by atoms with Crippen LogP contribution in [0.3, 0.4) is 0 Å². The van der Waals surface area contributed by atoms with E-state index >= 15 is 0 Å². The van der Waals surface area contributed by atoms with Gasteiger partial charge >= 0.3 is 0 Å². The van der Waals surface area contributed by atoms with Crippen LogP contribution in [0.25, 0.3) is 22.3 Å². The molecule has 9 rings (SSSR count). The Balaban J connectivity index is 1.52. The number of fused-ring (bicyclic) bond motifs is 8. The van der Waals surface area contributed by atoms with Crippen molar-refractivity contribution >= 4 is 45.4 Å². The van der Waals surface area contributed by atoms with Crippen molar-refractivity contribution in [2.45, 2.75) is 81.1 Å². The third-order valence-electron chi connectivity index (χ3n) is 12.9. The molecular formula is C56H52N8O4. The van der Waals surface area contributed by atoms with Gasteiger partial charge in [-0.25, -0.2) is 0 Å². The SMILES string of the molecule is CCc1ccnc(C2=c3ccc([nH]3)=C(c3nccc(CC)c3C(C)=O)c3ccc([nH]3)C(c3nccc(CC)c3C(C)=O)=c3ccc([nH]3)=C(c3nccc(CC)c3C(C)=O)c3ccc2[nH]3)c1C(C)=O. The second-order valence-electron chi connectivity index (χ2n) is 17.1. The average Bonchev–Trinajstić information content (AvgIpc) is 4.19. The number of H-pyrrole nitrogens is 4. The lowest BCUT2D eigenvalue weighted by Gasteiger charge is -2.15. The molecule has 12 nitrogen and oxygen atoms in total. The highest BCUT2D eigenvalue weighted by atomic mass is 16.1. The Hall–Kier alpha value is -8.12. The lowest BCUT2D eigenvalue weighted by molar-refractivity contribution is 0.100. The van der Waals surface area contributed by atoms with Gasteiger partial charge in [-0.1, -0.05) is 27.7 Å². The highest BCUT2D eigenvalue weighted by Gasteiger charge is 2.27. The molecule has 0 saturated carbocycles. The maximum atomic E-state index is 13.7. The minimum absolute atomic E-state index is 0.127. The van der Waals surface area contributed by atoms with Gasteiger partial charge in [-0.15, -0.1) is 0 Å². The molecule has 0 atom stereocenters. The van der Waals surface area contributed by atoms with Gasteiger partial charge in [0.15, 0.2) is 23.1 Å². The molecule has 340 valence electrons. The van der Waals surface area contributed by atoms with Crippen LogP contribution in [0.4, 0.5) is 0 Å². The van der Waals surface area contributed by atoms with Crippen LogP contribution in [-0.4, -0.2) is 63.0 Å². The maximum absolute atomic E-state index is 13.7. The van der Waals surface area contributed by atoms with E-state index in [0.29, 0.717) is 137 Å². The Labute approximate surface area is 393 Å². The summed E-state index contributed by atoms with van der Waals surface area (Å²) in [6, 6.07) is 23.1. The number of nitrogens with one attached hydrogen (secondary N) is 4. The molecule has 1 aliphatic heterocycles. The molecule has 0 radical (unpaired) electrons. The largest absolute Gasteiger partial charge is 0.354 e. The first-order chi connectivity index (χ1) is 32.9. The number of hydrogen-bond acceptors (Lipinski definition) is 8. The zero-order valence-corrected chi connectivity index (χ0v) is 39.5. The number of ketones is 4. The van der Waals surface area contributed by atoms with Gasteiger partial charge in [0, 0.05) is 69.3 Å². The molecule has 8 aromatic heterocycles. The Morgan fingerprint density at radius 3 is 0.750 bits per heavy atom. The third-order valence-corrected chi connectivity index (χ3v) is 12.9. The Bertz CT molecular complexity index is 3180. The summed E-state index contributed by atoms with van der Waals surface area (Å²) in [6.45, 7) is 14.3. The molecular weight excluding hydrogens is 849 g/mol. The van der Waals surface area contributed by atoms with E-state index in [9.17, 15) is 19.2 Å². The summed E-state index contributed by atoms with van der Waals surface area (Å²) in [7, 11) is 0. The van der Waals surface area contributed by atoms with Crippen LogP contribution in [0.15, 0.2) is 97.6 Å². The fourth-order valence-electron chi connectivity index (χ4n) is 9.86. The van der Waals surface area contributed by atoms with Crippen molar-refractivity contribution in [1.82, 2.24) is 39.9 Å². The van der Waals surface area contributed by atoms with Gasteiger partial charge < -0.3 is 19.9 Å². The monoisotopic (exact) mass is 900 g/mol. The van der Waals surface area contributed by atoms with Crippen molar-refractivity contribution in [3.05, 3.63) is 209 Å². The van der Waals surface area contributed by atoms with Gasteiger partial charge in [-0.05, 0) is 148 Å². The maximum Gasteiger partial charge on any atom is 0.162 e. The van der Waals surface area contributed by atoms with Gasteiger partial charge in [0.1, 0.15) is 0 Å². The normalized spacial score (nSPS) is 12.5. The van der Waals surface area contributed by atoms with Crippen molar-refractivity contribution in [2.75, 3.05) is 0 Å². The number of hydrogen-bond donors (Lipinski definition) is 4. The Morgan fingerprint density at radius 2 is 0.559 bits per heavy atom. The van der Waals surface area contributed by atoms with E-state index < -0.39 is 0 Å². The van der Waals surface area contributed by atoms with Gasteiger partial charge in [0.25, 0.3) is 0 Å². The molecule has 12 heteroatoms. The van der Waals surface area contributed by atoms with E-state index in [0.717, 1.165) is 22.3 Å². The van der Waals surface area contributed by atoms with Gasteiger partial charge in [-0.3, -0.25) is 39.1 Å². The summed E-state index contributed by atoms with van der Waals surface area (Å²) < 4.78 is 0. The number of aromatic nitrogens is 8. The van der Waals surface area contributed by atoms with E-state index in [2.05, 4.69) is 19.9 Å². The number of pyridine rings is 4. The van der Waals surface area contributed by atoms with Crippen LogP contribution in [-0.2, 0) is 25.7 Å². The summed E-state index contributed by atoms with van der Waals surface area (Å²) in [4.78, 5) is 89.4. The molecule has 0 aliphatic carbocycles. The topological polar surface area (TPSA) is 183 Å². The quantitative estimate of drug-likeness (QED) is 0.0952. The van der Waals surface area contributed by atoms with E-state index in [1.54, 1.807) is 52.5 Å². The number of aryl methyl sites for hydroxylation is 4. The predicted molar refractivity (Wildman–Crippen MR) is 263 cm³/mol. The number of carbonyl (C=O) groups excluding carboxylic acids is 4. The molecule has 1 aliphatic rings. The summed E-state index contributed by atoms with van der Waals surface area (Å²) in [5.41, 5.74) is 12.5. The fourth-order valence-corrected chi connectivity index (χ4v) is 9.86. The van der Waals surface area contributed by atoms with Crippen molar-refractivity contribution in [2.24, 2.45) is 0 Å². The molecule has 0 unspecified atom stereocenters. The highest BCUT2D eigenvalue weighted by Crippen LogP contribution is 2.32. The molecule has 0 fully saturated rings. The van der Waals surface area contributed by atoms with E-state index in [1.165, 1.54) is 0 Å². The molecule has 0 spiro atoms. The minimum atomic E-state index is -0.127. The van der Waals surface area contributed by atoms with Crippen LogP contribution in [0.5, 0.6) is 0 Å². The predicted octanol–water partition coefficient (Wildman–Crippen LogP) is 6.94. The smallest absolute Gasteiger partial charge is 0.162 e. The van der Waals surface area contributed by atoms with E-state index in [-0.39, 0.29) is 23.1 Å². The average molecular weight is 901 g/mol. The van der Waals surface area contributed by atoms with E-state index in [4.69, 9.17) is 19.9 Å². The summed E-state index contributed by atoms with van der Waals surface area (Å²) in [5, 5.41) is 2.56. The number of aromatic amines is 4. The molecule has 0 saturated heterocycles. The number of nitrogens with zero attached hydrogens (tertiary/aromatic N) is 4. The first-order valence-corrected chi connectivity index (χ1v) is 23.1. The van der Waals surface area contributed by atoms with Crippen molar-refractivity contribution in [3.63, 3.8) is 0 Å². The molecule has 4 N–H and O–H groups in total. The van der Waals surface area contributed by atoms with Crippen molar-refractivity contribution in [3.8, 4) is 0 Å². The second-order valence-corrected chi connectivity index (χ2v) is 17.1. The Kier molecular flexibility index (Phi) is 12.1. The first kappa shape index (κ1) is 45.1. The van der Waals surface area contributed by atoms with Gasteiger partial charge in [0.2, 0.25) is 0 Å². The molecule has 0 aromatic carbocycles. The van der Waals surface area contributed by atoms with Crippen LogP contribution in [0, 0.1) is 0 Å². The zero-order chi connectivity index (χ0) is 48.0. The fraction of sp³-hybridized carbons (Fsp3) is 0.214. The Morgan fingerprint density at radius 1 is 0.338 bits per heavy atom. The summed E-state index contributed by atoms with van der Waals surface area (Å²) >= 11 is 0. The molecule has 68 heavy (non-hydrogen) atoms. The van der Waals surface area contributed by atoms with Crippen LogP contribution < -0.4 is 21.4 Å². The standard InChI is InChI=1S/C56H52N8O4/c1-9-33-21-25-57-53(45(33)29(5)65)49-37-13-15-39(61-37)50(54-46(30(6)66)34(10-2)22-26-58-54)41-17-19-43(63-41)52(56-48(32(8)68)36(12-4)24-28-60-56)44-20-18-42(64-44)51(40-16-14-38(49)62-40)55-47(31(7)67)35(11-3)23-27-59-55/h13-28,61-64H,9-12H2,1-8H3. The first-order valence-electron chi connectivity index (χ1n) is 23.1. The van der Waals surface area contributed by atoms with Crippen LogP contribution in [0.2, 0.25) is 0 Å². The molecule has 9 heterocycles. The third kappa shape index (κ3) is 7.71. The van der Waals surface area contributed by atoms with Crippen molar-refractivity contribution in [1.29, 1.82) is 0 Å². The zero-order valence-electron chi connectivity index (χ0n) is 39.5. The van der Waals surface area contributed by atoms with Crippen molar-refractivity contribution < 1.29 is 19.2 Å². The lowest BCUT2D eigenvalue weighted by Crippen LogP contribution is -2.22. The highest BCUT2D eigenvalue weighted by molar-refractivity contribution is 6.04. The number of rotatable bonds is 12. The number of Topliss-reactive ketones (excluding diaryl/α,β-unsaturated/α-hetero) is 4. The van der Waals surface area contributed by atoms with Crippen LogP contribution >= 0.6 is 0 Å². The van der Waals surface area contributed by atoms with Gasteiger partial charge in [-0.2, -0.15) is 0 Å². The molecule has 8 aromatic rings. The van der Waals surface area contributed by atoms with Crippen LogP contribution in [0.1, 0.15) is 165 Å². The molecule has 0 amide bonds. The summed E-state index contributed by atoms with van der Waals surface area (Å²) in [5.74, 6) is -0.508. The lowest BCUT2D eigenvalue weighted by atomic mass is 9.95. The van der Waals surface area contributed by atoms with E-state index in [1.807, 2.05) is 100 Å². The number of carbonyl (C=O) groups is 4.